The van der Waals surface area contributed by atoms with Gasteiger partial charge in [-0.15, -0.1) is 0 Å². The van der Waals surface area contributed by atoms with Gasteiger partial charge in [0.05, 0.1) is 5.69 Å². The lowest BCUT2D eigenvalue weighted by Crippen LogP contribution is -2.11. The van der Waals surface area contributed by atoms with Crippen LogP contribution in [-0.4, -0.2) is 9.97 Å². The van der Waals surface area contributed by atoms with Gasteiger partial charge >= 0.3 is 6.18 Å². The Labute approximate surface area is 119 Å². The van der Waals surface area contributed by atoms with E-state index in [1.165, 1.54) is 6.07 Å². The summed E-state index contributed by atoms with van der Waals surface area (Å²) in [5.41, 5.74) is 1.83. The molecule has 6 heteroatoms. The van der Waals surface area contributed by atoms with Gasteiger partial charge in [0.15, 0.2) is 0 Å². The molecule has 0 unspecified atom stereocenters. The second-order valence-corrected chi connectivity index (χ2v) is 4.73. The zero-order valence-electron chi connectivity index (χ0n) is 10.7. The summed E-state index contributed by atoms with van der Waals surface area (Å²) in [6.45, 7) is 2.04. The van der Waals surface area contributed by atoms with Crippen molar-refractivity contribution in [3.05, 3.63) is 46.9 Å². The van der Waals surface area contributed by atoms with E-state index in [1.54, 1.807) is 12.1 Å². The molecule has 20 heavy (non-hydrogen) atoms. The smallest absolute Gasteiger partial charge is 0.224 e. The first-order valence-corrected chi connectivity index (χ1v) is 6.49. The van der Waals surface area contributed by atoms with Gasteiger partial charge in [-0.2, -0.15) is 13.2 Å². The van der Waals surface area contributed by atoms with E-state index in [2.05, 4.69) is 9.97 Å². The molecule has 0 atom stereocenters. The lowest BCUT2D eigenvalue weighted by atomic mass is 10.0. The predicted octanol–water partition coefficient (Wildman–Crippen LogP) is 4.77. The normalized spacial score (nSPS) is 11.7. The van der Waals surface area contributed by atoms with Gasteiger partial charge in [0.25, 0.3) is 0 Å². The van der Waals surface area contributed by atoms with Crippen LogP contribution < -0.4 is 0 Å². The molecule has 0 fully saturated rings. The van der Waals surface area contributed by atoms with Crippen LogP contribution in [0, 0.1) is 0 Å². The van der Waals surface area contributed by atoms with Crippen molar-refractivity contribution in [2.45, 2.75) is 25.9 Å². The number of rotatable bonds is 3. The largest absolute Gasteiger partial charge is 0.451 e. The number of aryl methyl sites for hydroxylation is 1. The molecule has 0 N–H and O–H groups in total. The maximum Gasteiger partial charge on any atom is 0.451 e. The quantitative estimate of drug-likeness (QED) is 0.763. The number of hydrogen-bond donors (Lipinski definition) is 0. The van der Waals surface area contributed by atoms with Crippen LogP contribution >= 0.6 is 11.6 Å². The van der Waals surface area contributed by atoms with Gasteiger partial charge in [0, 0.05) is 11.6 Å². The molecule has 0 saturated carbocycles. The Morgan fingerprint density at radius 3 is 2.55 bits per heavy atom. The van der Waals surface area contributed by atoms with Crippen molar-refractivity contribution in [3.63, 3.8) is 0 Å². The summed E-state index contributed by atoms with van der Waals surface area (Å²) in [4.78, 5) is 6.77. The van der Waals surface area contributed by atoms with Crippen LogP contribution in [0.4, 0.5) is 13.2 Å². The topological polar surface area (TPSA) is 25.8 Å². The Bertz CT molecular complexity index is 612. The van der Waals surface area contributed by atoms with Crippen molar-refractivity contribution >= 4 is 11.6 Å². The summed E-state index contributed by atoms with van der Waals surface area (Å²) >= 11 is 5.66. The molecule has 2 aromatic rings. The Kier molecular flexibility index (Phi) is 4.28. The van der Waals surface area contributed by atoms with E-state index in [4.69, 9.17) is 11.6 Å². The maximum absolute atomic E-state index is 12.7. The number of benzene rings is 1. The number of hydrogen-bond acceptors (Lipinski definition) is 2. The van der Waals surface area contributed by atoms with Crippen LogP contribution in [0.2, 0.25) is 5.15 Å². The Morgan fingerprint density at radius 2 is 1.90 bits per heavy atom. The summed E-state index contributed by atoms with van der Waals surface area (Å²) < 4.78 is 38.0. The number of nitrogens with zero attached hydrogens (tertiary/aromatic N) is 2. The standard InChI is InChI=1S/C14H12ClF3N2/c1-2-4-9-5-3-6-10(7-9)11-8-12(15)20-13(19-11)14(16,17)18/h3,5-8H,2,4H2,1H3. The Morgan fingerprint density at radius 1 is 1.15 bits per heavy atom. The maximum atomic E-state index is 12.7. The fraction of sp³-hybridized carbons (Fsp3) is 0.286. The van der Waals surface area contributed by atoms with Crippen molar-refractivity contribution < 1.29 is 13.2 Å². The van der Waals surface area contributed by atoms with Crippen molar-refractivity contribution in [2.24, 2.45) is 0 Å². The molecular formula is C14H12ClF3N2. The zero-order chi connectivity index (χ0) is 14.8. The Hall–Kier alpha value is -1.62. The minimum absolute atomic E-state index is 0.176. The minimum atomic E-state index is -4.61. The van der Waals surface area contributed by atoms with Crippen LogP contribution in [0.5, 0.6) is 0 Å². The highest BCUT2D eigenvalue weighted by Gasteiger charge is 2.35. The van der Waals surface area contributed by atoms with E-state index >= 15 is 0 Å². The molecule has 0 radical (unpaired) electrons. The number of halogens is 4. The van der Waals surface area contributed by atoms with E-state index in [9.17, 15) is 13.2 Å². The zero-order valence-corrected chi connectivity index (χ0v) is 11.5. The highest BCUT2D eigenvalue weighted by atomic mass is 35.5. The summed E-state index contributed by atoms with van der Waals surface area (Å²) in [5.74, 6) is -1.22. The summed E-state index contributed by atoms with van der Waals surface area (Å²) in [7, 11) is 0. The lowest BCUT2D eigenvalue weighted by Gasteiger charge is -2.09. The first-order valence-electron chi connectivity index (χ1n) is 6.11. The molecule has 106 valence electrons. The molecule has 0 saturated heterocycles. The molecule has 0 bridgehead atoms. The van der Waals surface area contributed by atoms with Gasteiger partial charge in [-0.1, -0.05) is 43.1 Å². The monoisotopic (exact) mass is 300 g/mol. The highest BCUT2D eigenvalue weighted by Crippen LogP contribution is 2.30. The summed E-state index contributed by atoms with van der Waals surface area (Å²) in [5, 5.41) is -0.219. The number of alkyl halides is 3. The van der Waals surface area contributed by atoms with Crippen LogP contribution in [0.3, 0.4) is 0 Å². The van der Waals surface area contributed by atoms with Gasteiger partial charge in [0.2, 0.25) is 5.82 Å². The molecule has 0 aliphatic rings. The molecule has 0 amide bonds. The molecular weight excluding hydrogens is 289 g/mol. The third kappa shape index (κ3) is 3.48. The fourth-order valence-electron chi connectivity index (χ4n) is 1.87. The van der Waals surface area contributed by atoms with E-state index < -0.39 is 12.0 Å². The van der Waals surface area contributed by atoms with Crippen molar-refractivity contribution in [1.29, 1.82) is 0 Å². The molecule has 0 spiro atoms. The van der Waals surface area contributed by atoms with Crippen molar-refractivity contribution in [1.82, 2.24) is 9.97 Å². The van der Waals surface area contributed by atoms with Gasteiger partial charge in [0.1, 0.15) is 5.15 Å². The predicted molar refractivity (Wildman–Crippen MR) is 71.5 cm³/mol. The SMILES string of the molecule is CCCc1cccc(-c2cc(Cl)nc(C(F)(F)F)n2)c1. The first kappa shape index (κ1) is 14.8. The average molecular weight is 301 g/mol. The molecule has 2 rings (SSSR count). The van der Waals surface area contributed by atoms with Crippen LogP contribution in [0.25, 0.3) is 11.3 Å². The second kappa shape index (κ2) is 5.79. The number of aromatic nitrogens is 2. The first-order chi connectivity index (χ1) is 9.40. The molecule has 0 aliphatic heterocycles. The van der Waals surface area contributed by atoms with E-state index in [0.717, 1.165) is 18.4 Å². The third-order valence-corrected chi connectivity index (χ3v) is 2.90. The summed E-state index contributed by atoms with van der Waals surface area (Å²) in [6, 6.07) is 8.59. The van der Waals surface area contributed by atoms with E-state index in [1.807, 2.05) is 19.1 Å². The molecule has 1 heterocycles. The highest BCUT2D eigenvalue weighted by molar-refractivity contribution is 6.29. The lowest BCUT2D eigenvalue weighted by molar-refractivity contribution is -0.144. The van der Waals surface area contributed by atoms with Crippen LogP contribution in [-0.2, 0) is 12.6 Å². The fourth-order valence-corrected chi connectivity index (χ4v) is 2.05. The van der Waals surface area contributed by atoms with Gasteiger partial charge in [-0.25, -0.2) is 9.97 Å². The Balaban J connectivity index is 2.47. The average Bonchev–Trinajstić information content (AvgIpc) is 2.38. The van der Waals surface area contributed by atoms with Crippen molar-refractivity contribution in [2.75, 3.05) is 0 Å². The minimum Gasteiger partial charge on any atom is -0.224 e. The van der Waals surface area contributed by atoms with Gasteiger partial charge in [-0.3, -0.25) is 0 Å². The van der Waals surface area contributed by atoms with E-state index in [-0.39, 0.29) is 10.8 Å². The van der Waals surface area contributed by atoms with Gasteiger partial charge < -0.3 is 0 Å². The molecule has 1 aromatic heterocycles. The summed E-state index contributed by atoms with van der Waals surface area (Å²) in [6.07, 6.45) is -2.79. The van der Waals surface area contributed by atoms with E-state index in [0.29, 0.717) is 5.56 Å². The third-order valence-electron chi connectivity index (χ3n) is 2.71. The molecule has 2 nitrogen and oxygen atoms in total. The van der Waals surface area contributed by atoms with Gasteiger partial charge in [-0.05, 0) is 18.1 Å². The molecule has 1 aromatic carbocycles. The van der Waals surface area contributed by atoms with Crippen LogP contribution in [0.1, 0.15) is 24.7 Å². The second-order valence-electron chi connectivity index (χ2n) is 4.35. The van der Waals surface area contributed by atoms with Crippen molar-refractivity contribution in [3.8, 4) is 11.3 Å². The molecule has 0 aliphatic carbocycles. The van der Waals surface area contributed by atoms with Crippen LogP contribution in [0.15, 0.2) is 30.3 Å².